The van der Waals surface area contributed by atoms with Crippen molar-refractivity contribution in [2.45, 2.75) is 19.1 Å². The smallest absolute Gasteiger partial charge is 0.408 e. The summed E-state index contributed by atoms with van der Waals surface area (Å²) < 4.78 is 37.6. The SMILES string of the molecule is O=C(O)Cc1cc(-c2cnn(CC(F)(F)F)c2)ccc1Cl. The van der Waals surface area contributed by atoms with Crippen molar-refractivity contribution in [3.05, 3.63) is 41.2 Å². The molecule has 0 amide bonds. The van der Waals surface area contributed by atoms with Crippen molar-refractivity contribution in [2.24, 2.45) is 0 Å². The lowest BCUT2D eigenvalue weighted by molar-refractivity contribution is -0.142. The molecule has 0 spiro atoms. The third-order valence-electron chi connectivity index (χ3n) is 2.70. The third-order valence-corrected chi connectivity index (χ3v) is 3.06. The number of nitrogens with zero attached hydrogens (tertiary/aromatic N) is 2. The fourth-order valence-electron chi connectivity index (χ4n) is 1.84. The minimum absolute atomic E-state index is 0.261. The summed E-state index contributed by atoms with van der Waals surface area (Å²) in [6.45, 7) is -1.18. The Kier molecular flexibility index (Phi) is 4.22. The van der Waals surface area contributed by atoms with Gasteiger partial charge in [-0.25, -0.2) is 0 Å². The van der Waals surface area contributed by atoms with Crippen molar-refractivity contribution in [2.75, 3.05) is 0 Å². The Morgan fingerprint density at radius 2 is 2.05 bits per heavy atom. The fourth-order valence-corrected chi connectivity index (χ4v) is 2.02. The highest BCUT2D eigenvalue weighted by Gasteiger charge is 2.28. The number of hydrogen-bond donors (Lipinski definition) is 1. The minimum Gasteiger partial charge on any atom is -0.481 e. The van der Waals surface area contributed by atoms with Crippen molar-refractivity contribution >= 4 is 17.6 Å². The van der Waals surface area contributed by atoms with Gasteiger partial charge in [-0.2, -0.15) is 18.3 Å². The molecule has 0 saturated carbocycles. The Bertz CT molecular complexity index is 668. The van der Waals surface area contributed by atoms with Crippen LogP contribution in [0.25, 0.3) is 11.1 Å². The number of hydrogen-bond acceptors (Lipinski definition) is 2. The molecule has 1 N–H and O–H groups in total. The summed E-state index contributed by atoms with van der Waals surface area (Å²) >= 11 is 5.89. The van der Waals surface area contributed by atoms with Crippen LogP contribution in [0.1, 0.15) is 5.56 Å². The van der Waals surface area contributed by atoms with Crippen LogP contribution in [0.5, 0.6) is 0 Å². The first-order chi connectivity index (χ1) is 9.74. The molecule has 1 aromatic heterocycles. The van der Waals surface area contributed by atoms with E-state index in [9.17, 15) is 18.0 Å². The lowest BCUT2D eigenvalue weighted by atomic mass is 10.0. The fraction of sp³-hybridized carbons (Fsp3) is 0.231. The number of aromatic nitrogens is 2. The van der Waals surface area contributed by atoms with E-state index in [4.69, 9.17) is 16.7 Å². The molecule has 0 aliphatic carbocycles. The van der Waals surface area contributed by atoms with Gasteiger partial charge in [0.15, 0.2) is 0 Å². The van der Waals surface area contributed by atoms with Gasteiger partial charge < -0.3 is 5.11 Å². The molecular weight excluding hydrogens is 309 g/mol. The molecule has 1 aromatic carbocycles. The molecule has 0 bridgehead atoms. The predicted octanol–water partition coefficient (Wildman–Crippen LogP) is 3.39. The molecule has 0 atom stereocenters. The Balaban J connectivity index is 2.28. The number of carbonyl (C=O) groups is 1. The van der Waals surface area contributed by atoms with Crippen molar-refractivity contribution in [1.82, 2.24) is 9.78 Å². The Morgan fingerprint density at radius 1 is 1.33 bits per heavy atom. The van der Waals surface area contributed by atoms with Crippen LogP contribution in [-0.4, -0.2) is 27.0 Å². The van der Waals surface area contributed by atoms with Crippen LogP contribution < -0.4 is 0 Å². The highest BCUT2D eigenvalue weighted by Crippen LogP contribution is 2.26. The van der Waals surface area contributed by atoms with Gasteiger partial charge in [-0.15, -0.1) is 0 Å². The Morgan fingerprint density at radius 3 is 2.67 bits per heavy atom. The monoisotopic (exact) mass is 318 g/mol. The van der Waals surface area contributed by atoms with E-state index >= 15 is 0 Å². The van der Waals surface area contributed by atoms with Crippen molar-refractivity contribution < 1.29 is 23.1 Å². The number of alkyl halides is 3. The number of carboxylic acids is 1. The predicted molar refractivity (Wildman–Crippen MR) is 70.1 cm³/mol. The normalized spacial score (nSPS) is 11.6. The van der Waals surface area contributed by atoms with Crippen LogP contribution in [0.2, 0.25) is 5.02 Å². The van der Waals surface area contributed by atoms with E-state index in [-0.39, 0.29) is 6.42 Å². The molecule has 0 saturated heterocycles. The van der Waals surface area contributed by atoms with E-state index < -0.39 is 18.7 Å². The van der Waals surface area contributed by atoms with Gasteiger partial charge in [-0.3, -0.25) is 9.48 Å². The quantitative estimate of drug-likeness (QED) is 0.940. The Hall–Kier alpha value is -2.02. The first-order valence-corrected chi connectivity index (χ1v) is 6.22. The van der Waals surface area contributed by atoms with Crippen molar-refractivity contribution in [3.8, 4) is 11.1 Å². The van der Waals surface area contributed by atoms with E-state index in [1.54, 1.807) is 6.07 Å². The second-order valence-corrected chi connectivity index (χ2v) is 4.83. The maximum absolute atomic E-state index is 12.3. The average Bonchev–Trinajstić information content (AvgIpc) is 2.77. The molecule has 0 fully saturated rings. The first kappa shape index (κ1) is 15.4. The molecule has 8 heteroatoms. The first-order valence-electron chi connectivity index (χ1n) is 5.84. The van der Waals surface area contributed by atoms with Gasteiger partial charge in [0.25, 0.3) is 0 Å². The van der Waals surface area contributed by atoms with Gasteiger partial charge in [-0.05, 0) is 23.3 Å². The van der Waals surface area contributed by atoms with Gasteiger partial charge >= 0.3 is 12.1 Å². The van der Waals surface area contributed by atoms with Crippen LogP contribution in [0.4, 0.5) is 13.2 Å². The van der Waals surface area contributed by atoms with E-state index in [1.165, 1.54) is 24.5 Å². The molecule has 0 unspecified atom stereocenters. The van der Waals surface area contributed by atoms with E-state index in [0.29, 0.717) is 21.7 Å². The Labute approximate surface area is 122 Å². The zero-order chi connectivity index (χ0) is 15.6. The maximum Gasteiger partial charge on any atom is 0.408 e. The highest BCUT2D eigenvalue weighted by atomic mass is 35.5. The maximum atomic E-state index is 12.3. The van der Waals surface area contributed by atoms with E-state index in [2.05, 4.69) is 5.10 Å². The van der Waals surface area contributed by atoms with Crippen LogP contribution in [-0.2, 0) is 17.8 Å². The molecule has 21 heavy (non-hydrogen) atoms. The standard InChI is InChI=1S/C13H10ClF3N2O2/c14-11-2-1-8(3-9(11)4-12(20)21)10-5-18-19(6-10)7-13(15,16)17/h1-3,5-6H,4,7H2,(H,20,21). The summed E-state index contributed by atoms with van der Waals surface area (Å²) in [5.74, 6) is -1.04. The molecule has 0 radical (unpaired) electrons. The van der Waals surface area contributed by atoms with Crippen molar-refractivity contribution in [1.29, 1.82) is 0 Å². The topological polar surface area (TPSA) is 55.1 Å². The molecule has 0 aliphatic heterocycles. The minimum atomic E-state index is -4.35. The van der Waals surface area contributed by atoms with Gasteiger partial charge in [0.1, 0.15) is 6.54 Å². The lowest BCUT2D eigenvalue weighted by Crippen LogP contribution is -2.17. The number of halogens is 4. The number of benzene rings is 1. The third kappa shape index (κ3) is 4.22. The summed E-state index contributed by atoms with van der Waals surface area (Å²) in [7, 11) is 0. The molecule has 1 heterocycles. The van der Waals surface area contributed by atoms with Crippen LogP contribution in [0, 0.1) is 0 Å². The summed E-state index contributed by atoms with van der Waals surface area (Å²) in [5.41, 5.74) is 1.41. The van der Waals surface area contributed by atoms with Crippen LogP contribution >= 0.6 is 11.6 Å². The zero-order valence-electron chi connectivity index (χ0n) is 10.6. The number of carboxylic acid groups (broad SMARTS) is 1. The average molecular weight is 319 g/mol. The second kappa shape index (κ2) is 5.77. The zero-order valence-corrected chi connectivity index (χ0v) is 11.3. The summed E-state index contributed by atoms with van der Waals surface area (Å²) in [5, 5.41) is 12.7. The summed E-state index contributed by atoms with van der Waals surface area (Å²) in [6.07, 6.45) is -2.07. The summed E-state index contributed by atoms with van der Waals surface area (Å²) in [6, 6.07) is 4.64. The largest absolute Gasteiger partial charge is 0.481 e. The molecule has 4 nitrogen and oxygen atoms in total. The second-order valence-electron chi connectivity index (χ2n) is 4.42. The summed E-state index contributed by atoms with van der Waals surface area (Å²) in [4.78, 5) is 10.7. The molecule has 112 valence electrons. The van der Waals surface area contributed by atoms with Gasteiger partial charge in [-0.1, -0.05) is 17.7 Å². The van der Waals surface area contributed by atoms with Gasteiger partial charge in [0.2, 0.25) is 0 Å². The van der Waals surface area contributed by atoms with Crippen LogP contribution in [0.15, 0.2) is 30.6 Å². The number of aliphatic carboxylic acids is 1. The molecule has 2 aromatic rings. The molecule has 2 rings (SSSR count). The van der Waals surface area contributed by atoms with E-state index in [0.717, 1.165) is 4.68 Å². The van der Waals surface area contributed by atoms with E-state index in [1.807, 2.05) is 0 Å². The molecule has 0 aliphatic rings. The van der Waals surface area contributed by atoms with Gasteiger partial charge in [0.05, 0.1) is 12.6 Å². The van der Waals surface area contributed by atoms with Gasteiger partial charge in [0, 0.05) is 16.8 Å². The van der Waals surface area contributed by atoms with Crippen molar-refractivity contribution in [3.63, 3.8) is 0 Å². The number of rotatable bonds is 4. The van der Waals surface area contributed by atoms with Crippen LogP contribution in [0.3, 0.4) is 0 Å². The highest BCUT2D eigenvalue weighted by molar-refractivity contribution is 6.31. The lowest BCUT2D eigenvalue weighted by Gasteiger charge is -2.06. The molecular formula is C13H10ClF3N2O2.